The van der Waals surface area contributed by atoms with Gasteiger partial charge in [-0.2, -0.15) is 0 Å². The molecule has 0 radical (unpaired) electrons. The lowest BCUT2D eigenvalue weighted by Crippen LogP contribution is -2.17. The topological polar surface area (TPSA) is 38.7 Å². The molecule has 2 aromatic carbocycles. The van der Waals surface area contributed by atoms with E-state index < -0.39 is 6.36 Å². The third-order valence-electron chi connectivity index (χ3n) is 2.83. The van der Waals surface area contributed by atoms with E-state index in [1.807, 2.05) is 0 Å². The largest absolute Gasteiger partial charge is 0.573 e. The molecule has 2 rings (SSSR count). The molecule has 0 aromatic heterocycles. The second-order valence-electron chi connectivity index (χ2n) is 4.50. The summed E-state index contributed by atoms with van der Waals surface area (Å²) in [4.78, 5) is 0. The fourth-order valence-corrected chi connectivity index (χ4v) is 1.91. The predicted octanol–water partition coefficient (Wildman–Crippen LogP) is 4.01. The van der Waals surface area contributed by atoms with E-state index in [1.165, 1.54) is 12.1 Å². The average molecular weight is 312 g/mol. The van der Waals surface area contributed by atoms with Crippen molar-refractivity contribution in [2.75, 3.05) is 13.2 Å². The van der Waals surface area contributed by atoms with E-state index in [9.17, 15) is 13.2 Å². The van der Waals surface area contributed by atoms with Gasteiger partial charge in [-0.3, -0.25) is 0 Å². The van der Waals surface area contributed by atoms with Crippen molar-refractivity contribution in [1.29, 1.82) is 0 Å². The fraction of sp³-hybridized carbons (Fsp3) is 0.250. The fourth-order valence-electron chi connectivity index (χ4n) is 1.91. The normalized spacial score (nSPS) is 11.3. The van der Waals surface area contributed by atoms with Gasteiger partial charge in [-0.15, -0.1) is 13.2 Å². The van der Waals surface area contributed by atoms with Crippen LogP contribution in [0, 0.1) is 0 Å². The Labute approximate surface area is 125 Å². The number of aliphatic hydroxyl groups is 1. The molecule has 118 valence electrons. The highest BCUT2D eigenvalue weighted by Crippen LogP contribution is 2.36. The maximum absolute atomic E-state index is 12.6. The van der Waals surface area contributed by atoms with Crippen molar-refractivity contribution in [3.63, 3.8) is 0 Å². The molecule has 0 aliphatic heterocycles. The van der Waals surface area contributed by atoms with Crippen LogP contribution in [0.1, 0.15) is 6.42 Å². The molecule has 0 bridgehead atoms. The van der Waals surface area contributed by atoms with E-state index in [-0.39, 0.29) is 24.7 Å². The van der Waals surface area contributed by atoms with Crippen molar-refractivity contribution < 1.29 is 27.8 Å². The van der Waals surface area contributed by atoms with Gasteiger partial charge in [0.1, 0.15) is 11.5 Å². The molecule has 0 aliphatic rings. The van der Waals surface area contributed by atoms with Crippen LogP contribution >= 0.6 is 0 Å². The number of aliphatic hydroxyl groups excluding tert-OH is 1. The Morgan fingerprint density at radius 3 is 2.36 bits per heavy atom. The van der Waals surface area contributed by atoms with Crippen LogP contribution in [0.4, 0.5) is 13.2 Å². The molecule has 0 spiro atoms. The predicted molar refractivity (Wildman–Crippen MR) is 75.8 cm³/mol. The molecule has 0 amide bonds. The number of halogens is 3. The van der Waals surface area contributed by atoms with E-state index >= 15 is 0 Å². The molecule has 0 atom stereocenters. The SMILES string of the molecule is OCCCOc1ccc(-c2ccccc2)c(OC(F)(F)F)c1. The Morgan fingerprint density at radius 2 is 1.73 bits per heavy atom. The summed E-state index contributed by atoms with van der Waals surface area (Å²) in [6, 6.07) is 12.9. The summed E-state index contributed by atoms with van der Waals surface area (Å²) in [6.45, 7) is 0.167. The van der Waals surface area contributed by atoms with Gasteiger partial charge >= 0.3 is 6.36 Å². The van der Waals surface area contributed by atoms with Crippen molar-refractivity contribution >= 4 is 0 Å². The summed E-state index contributed by atoms with van der Waals surface area (Å²) < 4.78 is 47.1. The lowest BCUT2D eigenvalue weighted by Gasteiger charge is -2.15. The van der Waals surface area contributed by atoms with Crippen LogP contribution in [-0.4, -0.2) is 24.7 Å². The van der Waals surface area contributed by atoms with Crippen LogP contribution in [0.5, 0.6) is 11.5 Å². The molecule has 0 aliphatic carbocycles. The first-order valence-corrected chi connectivity index (χ1v) is 6.68. The van der Waals surface area contributed by atoms with Gasteiger partial charge in [0.05, 0.1) is 6.61 Å². The summed E-state index contributed by atoms with van der Waals surface area (Å²) in [5.74, 6) is -0.0624. The van der Waals surface area contributed by atoms with E-state index in [0.29, 0.717) is 17.5 Å². The zero-order chi connectivity index (χ0) is 16.0. The van der Waals surface area contributed by atoms with Crippen molar-refractivity contribution in [2.24, 2.45) is 0 Å². The zero-order valence-corrected chi connectivity index (χ0v) is 11.6. The van der Waals surface area contributed by atoms with Gasteiger partial charge in [-0.05, 0) is 17.7 Å². The Kier molecular flexibility index (Phi) is 5.27. The third-order valence-corrected chi connectivity index (χ3v) is 2.83. The summed E-state index contributed by atoms with van der Waals surface area (Å²) in [6.07, 6.45) is -4.39. The van der Waals surface area contributed by atoms with Crippen molar-refractivity contribution in [3.8, 4) is 22.6 Å². The number of hydrogen-bond donors (Lipinski definition) is 1. The highest BCUT2D eigenvalue weighted by atomic mass is 19.4. The Balaban J connectivity index is 2.32. The molecule has 0 heterocycles. The maximum atomic E-state index is 12.6. The average Bonchev–Trinajstić information content (AvgIpc) is 2.47. The summed E-state index contributed by atoms with van der Waals surface area (Å²) in [5.41, 5.74) is 0.941. The summed E-state index contributed by atoms with van der Waals surface area (Å²) in [7, 11) is 0. The first-order chi connectivity index (χ1) is 10.5. The molecule has 0 saturated heterocycles. The molecule has 0 fully saturated rings. The quantitative estimate of drug-likeness (QED) is 0.819. The highest BCUT2D eigenvalue weighted by molar-refractivity contribution is 5.71. The summed E-state index contributed by atoms with van der Waals surface area (Å²) >= 11 is 0. The first kappa shape index (κ1) is 16.2. The van der Waals surface area contributed by atoms with Gasteiger partial charge in [0.15, 0.2) is 0 Å². The van der Waals surface area contributed by atoms with Gasteiger partial charge in [0.2, 0.25) is 0 Å². The zero-order valence-electron chi connectivity index (χ0n) is 11.6. The lowest BCUT2D eigenvalue weighted by molar-refractivity contribution is -0.274. The van der Waals surface area contributed by atoms with Gasteiger partial charge in [0.25, 0.3) is 0 Å². The van der Waals surface area contributed by atoms with Crippen LogP contribution < -0.4 is 9.47 Å². The number of hydrogen-bond acceptors (Lipinski definition) is 3. The minimum absolute atomic E-state index is 0.0476. The van der Waals surface area contributed by atoms with Gasteiger partial charge in [0, 0.05) is 24.7 Å². The van der Waals surface area contributed by atoms with Gasteiger partial charge in [-0.25, -0.2) is 0 Å². The molecule has 6 heteroatoms. The standard InChI is InChI=1S/C16H15F3O3/c17-16(18,19)22-15-11-13(21-10-4-9-20)7-8-14(15)12-5-2-1-3-6-12/h1-3,5-8,11,20H,4,9-10H2. The van der Waals surface area contributed by atoms with Gasteiger partial charge in [-0.1, -0.05) is 30.3 Å². The number of rotatable bonds is 6. The molecule has 3 nitrogen and oxygen atoms in total. The second-order valence-corrected chi connectivity index (χ2v) is 4.50. The number of ether oxygens (including phenoxy) is 2. The molecule has 0 saturated carbocycles. The lowest BCUT2D eigenvalue weighted by atomic mass is 10.0. The first-order valence-electron chi connectivity index (χ1n) is 6.68. The van der Waals surface area contributed by atoms with E-state index in [1.54, 1.807) is 36.4 Å². The molecular formula is C16H15F3O3. The Morgan fingerprint density at radius 1 is 1.00 bits per heavy atom. The van der Waals surface area contributed by atoms with Crippen molar-refractivity contribution in [2.45, 2.75) is 12.8 Å². The minimum atomic E-state index is -4.78. The third kappa shape index (κ3) is 4.66. The Hall–Kier alpha value is -2.21. The van der Waals surface area contributed by atoms with Crippen LogP contribution in [0.25, 0.3) is 11.1 Å². The monoisotopic (exact) mass is 312 g/mol. The molecule has 2 aromatic rings. The summed E-state index contributed by atoms with van der Waals surface area (Å²) in [5, 5.41) is 8.69. The van der Waals surface area contributed by atoms with Crippen LogP contribution in [-0.2, 0) is 0 Å². The van der Waals surface area contributed by atoms with Crippen LogP contribution in [0.3, 0.4) is 0 Å². The van der Waals surface area contributed by atoms with Crippen molar-refractivity contribution in [3.05, 3.63) is 48.5 Å². The van der Waals surface area contributed by atoms with Gasteiger partial charge < -0.3 is 14.6 Å². The second kappa shape index (κ2) is 7.17. The molecular weight excluding hydrogens is 297 g/mol. The maximum Gasteiger partial charge on any atom is 0.573 e. The van der Waals surface area contributed by atoms with E-state index in [2.05, 4.69) is 4.74 Å². The highest BCUT2D eigenvalue weighted by Gasteiger charge is 2.32. The molecule has 0 unspecified atom stereocenters. The number of benzene rings is 2. The Bertz CT molecular complexity index is 597. The van der Waals surface area contributed by atoms with E-state index in [0.717, 1.165) is 0 Å². The van der Waals surface area contributed by atoms with E-state index in [4.69, 9.17) is 9.84 Å². The number of alkyl halides is 3. The molecule has 22 heavy (non-hydrogen) atoms. The van der Waals surface area contributed by atoms with Crippen molar-refractivity contribution in [1.82, 2.24) is 0 Å². The van der Waals surface area contributed by atoms with Crippen LogP contribution in [0.2, 0.25) is 0 Å². The smallest absolute Gasteiger partial charge is 0.493 e. The van der Waals surface area contributed by atoms with Crippen LogP contribution in [0.15, 0.2) is 48.5 Å². The molecule has 1 N–H and O–H groups in total. The minimum Gasteiger partial charge on any atom is -0.493 e.